The number of carbonyl (C=O) groups is 1. The van der Waals surface area contributed by atoms with E-state index in [-0.39, 0.29) is 5.91 Å². The summed E-state index contributed by atoms with van der Waals surface area (Å²) in [6.07, 6.45) is 0. The third-order valence-corrected chi connectivity index (χ3v) is 3.71. The Hall–Kier alpha value is -1.81. The molecule has 0 radical (unpaired) electrons. The van der Waals surface area contributed by atoms with Gasteiger partial charge in [0.1, 0.15) is 0 Å². The molecule has 1 N–H and O–H groups in total. The minimum absolute atomic E-state index is 0.104. The van der Waals surface area contributed by atoms with Gasteiger partial charge in [0.15, 0.2) is 0 Å². The first kappa shape index (κ1) is 15.6. The highest BCUT2D eigenvalue weighted by atomic mass is 79.9. The van der Waals surface area contributed by atoms with Crippen molar-refractivity contribution < 1.29 is 4.79 Å². The molecule has 1 amide bonds. The maximum atomic E-state index is 12.3. The molecule has 0 spiro atoms. The van der Waals surface area contributed by atoms with Crippen LogP contribution in [0.2, 0.25) is 0 Å². The highest BCUT2D eigenvalue weighted by molar-refractivity contribution is 9.10. The van der Waals surface area contributed by atoms with Crippen molar-refractivity contribution in [3.05, 3.63) is 57.6 Å². The fourth-order valence-electron chi connectivity index (χ4n) is 2.24. The summed E-state index contributed by atoms with van der Waals surface area (Å²) in [7, 11) is 3.98. The number of nitrogens with zero attached hydrogens (tertiary/aromatic N) is 1. The van der Waals surface area contributed by atoms with Gasteiger partial charge in [-0.25, -0.2) is 0 Å². The third kappa shape index (κ3) is 3.85. The van der Waals surface area contributed by atoms with Gasteiger partial charge < -0.3 is 10.2 Å². The summed E-state index contributed by atoms with van der Waals surface area (Å²) < 4.78 is 0.908. The first-order chi connectivity index (χ1) is 9.86. The maximum absolute atomic E-state index is 12.3. The van der Waals surface area contributed by atoms with E-state index in [1.54, 1.807) is 0 Å². The zero-order chi connectivity index (χ0) is 15.6. The predicted octanol–water partition coefficient (Wildman–Crippen LogP) is 4.38. The Kier molecular flexibility index (Phi) is 4.68. The van der Waals surface area contributed by atoms with Crippen molar-refractivity contribution in [1.82, 2.24) is 0 Å². The fourth-order valence-corrected chi connectivity index (χ4v) is 2.85. The zero-order valence-corrected chi connectivity index (χ0v) is 14.3. The Labute approximate surface area is 134 Å². The molecule has 0 saturated carbocycles. The van der Waals surface area contributed by atoms with E-state index in [0.29, 0.717) is 5.56 Å². The Balaban J connectivity index is 2.25. The topological polar surface area (TPSA) is 32.3 Å². The van der Waals surface area contributed by atoms with Crippen LogP contribution in [0.1, 0.15) is 21.5 Å². The van der Waals surface area contributed by atoms with E-state index in [1.165, 1.54) is 5.56 Å². The second-order valence-electron chi connectivity index (χ2n) is 5.37. The number of amides is 1. The number of benzene rings is 2. The van der Waals surface area contributed by atoms with Crippen molar-refractivity contribution in [3.8, 4) is 0 Å². The van der Waals surface area contributed by atoms with Gasteiger partial charge >= 0.3 is 0 Å². The second-order valence-corrected chi connectivity index (χ2v) is 6.28. The summed E-state index contributed by atoms with van der Waals surface area (Å²) in [5, 5.41) is 2.95. The average molecular weight is 347 g/mol. The Morgan fingerprint density at radius 3 is 2.43 bits per heavy atom. The first-order valence-corrected chi connectivity index (χ1v) is 7.52. The lowest BCUT2D eigenvalue weighted by Gasteiger charge is -2.17. The third-order valence-electron chi connectivity index (χ3n) is 3.25. The molecule has 0 heterocycles. The summed E-state index contributed by atoms with van der Waals surface area (Å²) in [4.78, 5) is 14.4. The highest BCUT2D eigenvalue weighted by Crippen LogP contribution is 2.23. The highest BCUT2D eigenvalue weighted by Gasteiger charge is 2.09. The Morgan fingerprint density at radius 2 is 1.81 bits per heavy atom. The molecule has 21 heavy (non-hydrogen) atoms. The molecular formula is C17H19BrN2O. The number of nitrogens with one attached hydrogen (secondary N) is 1. The van der Waals surface area contributed by atoms with Crippen LogP contribution in [-0.2, 0) is 0 Å². The molecule has 0 saturated heterocycles. The molecule has 110 valence electrons. The molecule has 3 nitrogen and oxygen atoms in total. The van der Waals surface area contributed by atoms with Crippen LogP contribution in [0.25, 0.3) is 0 Å². The van der Waals surface area contributed by atoms with Crippen LogP contribution >= 0.6 is 15.9 Å². The first-order valence-electron chi connectivity index (χ1n) is 6.73. The van der Waals surface area contributed by atoms with Gasteiger partial charge in [-0.3, -0.25) is 4.79 Å². The Morgan fingerprint density at radius 1 is 1.10 bits per heavy atom. The molecule has 0 bridgehead atoms. The van der Waals surface area contributed by atoms with Crippen LogP contribution in [0, 0.1) is 13.8 Å². The molecule has 2 aromatic rings. The number of halogens is 1. The summed E-state index contributed by atoms with van der Waals surface area (Å²) in [5.41, 5.74) is 4.77. The lowest BCUT2D eigenvalue weighted by atomic mass is 10.1. The molecule has 4 heteroatoms. The number of aryl methyl sites for hydroxylation is 2. The molecule has 0 aliphatic heterocycles. The van der Waals surface area contributed by atoms with E-state index >= 15 is 0 Å². The van der Waals surface area contributed by atoms with E-state index in [4.69, 9.17) is 0 Å². The van der Waals surface area contributed by atoms with Crippen LogP contribution in [0.3, 0.4) is 0 Å². The number of hydrogen-bond acceptors (Lipinski definition) is 2. The lowest BCUT2D eigenvalue weighted by molar-refractivity contribution is 0.102. The molecule has 0 aliphatic carbocycles. The van der Waals surface area contributed by atoms with Gasteiger partial charge in [0.25, 0.3) is 5.91 Å². The van der Waals surface area contributed by atoms with E-state index in [9.17, 15) is 4.79 Å². The summed E-state index contributed by atoms with van der Waals surface area (Å²) in [6, 6.07) is 11.6. The predicted molar refractivity (Wildman–Crippen MR) is 92.3 cm³/mol. The zero-order valence-electron chi connectivity index (χ0n) is 12.7. The standard InChI is InChI=1S/C17H19BrN2O/c1-11-7-13(9-14(18)8-11)17(21)19-15-6-5-12(2)16(10-15)20(3)4/h5-10H,1-4H3,(H,19,21). The van der Waals surface area contributed by atoms with Crippen LogP contribution in [-0.4, -0.2) is 20.0 Å². The van der Waals surface area contributed by atoms with Crippen molar-refractivity contribution in [1.29, 1.82) is 0 Å². The van der Waals surface area contributed by atoms with Gasteiger partial charge in [-0.05, 0) is 55.3 Å². The maximum Gasteiger partial charge on any atom is 0.255 e. The lowest BCUT2D eigenvalue weighted by Crippen LogP contribution is -2.14. The van der Waals surface area contributed by atoms with E-state index in [2.05, 4.69) is 28.2 Å². The molecular weight excluding hydrogens is 328 g/mol. The minimum Gasteiger partial charge on any atom is -0.377 e. The van der Waals surface area contributed by atoms with Crippen LogP contribution < -0.4 is 10.2 Å². The summed E-state index contributed by atoms with van der Waals surface area (Å²) in [6.45, 7) is 4.02. The average Bonchev–Trinajstić information content (AvgIpc) is 2.39. The normalized spacial score (nSPS) is 10.3. The minimum atomic E-state index is -0.104. The van der Waals surface area contributed by atoms with Crippen molar-refractivity contribution in [3.63, 3.8) is 0 Å². The number of rotatable bonds is 3. The number of hydrogen-bond donors (Lipinski definition) is 1. The van der Waals surface area contributed by atoms with Crippen molar-refractivity contribution in [2.75, 3.05) is 24.3 Å². The summed E-state index contributed by atoms with van der Waals surface area (Å²) in [5.74, 6) is -0.104. The largest absolute Gasteiger partial charge is 0.377 e. The van der Waals surface area contributed by atoms with Crippen LogP contribution in [0.4, 0.5) is 11.4 Å². The summed E-state index contributed by atoms with van der Waals surface area (Å²) >= 11 is 3.42. The van der Waals surface area contributed by atoms with Crippen molar-refractivity contribution in [2.24, 2.45) is 0 Å². The quantitative estimate of drug-likeness (QED) is 0.893. The van der Waals surface area contributed by atoms with Crippen LogP contribution in [0.15, 0.2) is 40.9 Å². The van der Waals surface area contributed by atoms with E-state index < -0.39 is 0 Å². The molecule has 0 unspecified atom stereocenters. The van der Waals surface area contributed by atoms with Gasteiger partial charge in [0.2, 0.25) is 0 Å². The van der Waals surface area contributed by atoms with Crippen molar-refractivity contribution in [2.45, 2.75) is 13.8 Å². The Bertz CT molecular complexity index is 660. The smallest absolute Gasteiger partial charge is 0.255 e. The van der Waals surface area contributed by atoms with Gasteiger partial charge in [-0.2, -0.15) is 0 Å². The molecule has 0 fully saturated rings. The molecule has 0 aliphatic rings. The number of carbonyl (C=O) groups excluding carboxylic acids is 1. The molecule has 0 atom stereocenters. The van der Waals surface area contributed by atoms with E-state index in [0.717, 1.165) is 21.4 Å². The molecule has 0 aromatic heterocycles. The SMILES string of the molecule is Cc1cc(Br)cc(C(=O)Nc2ccc(C)c(N(C)C)c2)c1. The fraction of sp³-hybridized carbons (Fsp3) is 0.235. The monoisotopic (exact) mass is 346 g/mol. The van der Waals surface area contributed by atoms with E-state index in [1.807, 2.05) is 62.3 Å². The van der Waals surface area contributed by atoms with Gasteiger partial charge in [-0.15, -0.1) is 0 Å². The second kappa shape index (κ2) is 6.31. The van der Waals surface area contributed by atoms with Gasteiger partial charge in [-0.1, -0.05) is 22.0 Å². The van der Waals surface area contributed by atoms with Gasteiger partial charge in [0, 0.05) is 35.5 Å². The molecule has 2 rings (SSSR count). The molecule has 2 aromatic carbocycles. The van der Waals surface area contributed by atoms with Crippen LogP contribution in [0.5, 0.6) is 0 Å². The van der Waals surface area contributed by atoms with Crippen molar-refractivity contribution >= 4 is 33.2 Å². The number of anilines is 2. The van der Waals surface area contributed by atoms with Gasteiger partial charge in [0.05, 0.1) is 0 Å².